The minimum Gasteiger partial charge on any atom is -0.222 e. The molecule has 0 radical (unpaired) electrons. The summed E-state index contributed by atoms with van der Waals surface area (Å²) in [4.78, 5) is 0. The van der Waals surface area contributed by atoms with Crippen LogP contribution in [0.5, 0.6) is 0 Å². The summed E-state index contributed by atoms with van der Waals surface area (Å²) in [6.07, 6.45) is 2.02. The fraction of sp³-hybridized carbons (Fsp3) is 0.250. The first-order chi connectivity index (χ1) is 9.22. The minimum absolute atomic E-state index is 0.823. The van der Waals surface area contributed by atoms with Crippen molar-refractivity contribution in [2.45, 2.75) is 20.4 Å². The Labute approximate surface area is 127 Å². The van der Waals surface area contributed by atoms with Crippen LogP contribution in [-0.4, -0.2) is 0 Å². The van der Waals surface area contributed by atoms with Crippen LogP contribution in [-0.2, 0) is 6.54 Å². The number of allylic oxidation sites excluding steroid dienone is 1. The van der Waals surface area contributed by atoms with Gasteiger partial charge in [0.1, 0.15) is 11.2 Å². The zero-order valence-corrected chi connectivity index (χ0v) is 13.2. The van der Waals surface area contributed by atoms with Crippen molar-refractivity contribution >= 4 is 39.2 Å². The van der Waals surface area contributed by atoms with Crippen molar-refractivity contribution in [1.82, 2.24) is 0 Å². The molecule has 0 fully saturated rings. The van der Waals surface area contributed by atoms with Crippen molar-refractivity contribution in [3.8, 4) is 0 Å². The van der Waals surface area contributed by atoms with E-state index in [1.807, 2.05) is 13.0 Å². The summed E-state index contributed by atoms with van der Waals surface area (Å²) < 4.78 is 37.6. The Bertz CT molecular complexity index is 597. The van der Waals surface area contributed by atoms with Gasteiger partial charge in [-0.25, -0.2) is 18.6 Å². The van der Waals surface area contributed by atoms with Gasteiger partial charge >= 0.3 is 0 Å². The number of thiazole rings is 1. The molecular weight excluding hydrogens is 325 g/mol. The van der Waals surface area contributed by atoms with E-state index >= 15 is 0 Å². The van der Waals surface area contributed by atoms with E-state index in [2.05, 4.69) is 35.8 Å². The number of hydrogen-bond donors (Lipinski definition) is 0. The summed E-state index contributed by atoms with van der Waals surface area (Å²) >= 11 is 7.70. The molecule has 0 saturated carbocycles. The largest absolute Gasteiger partial charge is 0.263 e. The van der Waals surface area contributed by atoms with Crippen LogP contribution in [0.15, 0.2) is 29.3 Å². The highest BCUT2D eigenvalue weighted by molar-refractivity contribution is 7.18. The number of nitrogens with zero attached hydrogens (tertiary/aromatic N) is 1. The van der Waals surface area contributed by atoms with Crippen molar-refractivity contribution in [3.05, 3.63) is 34.3 Å². The summed E-state index contributed by atoms with van der Waals surface area (Å²) in [5.74, 6) is 0. The number of aryl methyl sites for hydroxylation is 1. The van der Waals surface area contributed by atoms with Gasteiger partial charge in [0.25, 0.3) is 5.01 Å². The van der Waals surface area contributed by atoms with Crippen molar-refractivity contribution in [3.63, 3.8) is 0 Å². The number of hydrogen-bond acceptors (Lipinski definition) is 5. The predicted octanol–water partition coefficient (Wildman–Crippen LogP) is -0.948. The Morgan fingerprint density at radius 1 is 1.30 bits per heavy atom. The van der Waals surface area contributed by atoms with Crippen LogP contribution in [0.1, 0.15) is 18.9 Å². The van der Waals surface area contributed by atoms with E-state index in [1.165, 1.54) is 15.2 Å². The van der Waals surface area contributed by atoms with Gasteiger partial charge in [-0.1, -0.05) is 35.1 Å². The second-order valence-corrected chi connectivity index (χ2v) is 6.18. The van der Waals surface area contributed by atoms with Gasteiger partial charge in [-0.2, -0.15) is 4.57 Å². The Hall–Kier alpha value is -0.730. The maximum atomic E-state index is 8.49. The fourth-order valence-electron chi connectivity index (χ4n) is 1.66. The summed E-state index contributed by atoms with van der Waals surface area (Å²) in [5.41, 5.74) is 1.29. The average molecular weight is 338 g/mol. The lowest BCUT2D eigenvalue weighted by Gasteiger charge is -2.17. The molecule has 0 bridgehead atoms. The lowest BCUT2D eigenvalue weighted by Crippen LogP contribution is -2.68. The lowest BCUT2D eigenvalue weighted by atomic mass is 10.3. The molecular formula is C12H13Cl2NO4S. The lowest BCUT2D eigenvalue weighted by molar-refractivity contribution is -2.00. The second-order valence-electron chi connectivity index (χ2n) is 3.76. The molecule has 0 aliphatic heterocycles. The van der Waals surface area contributed by atoms with E-state index in [0.717, 1.165) is 11.6 Å². The van der Waals surface area contributed by atoms with Crippen LogP contribution in [0, 0.1) is 10.2 Å². The molecule has 2 aromatic rings. The first kappa shape index (κ1) is 17.3. The fourth-order valence-corrected chi connectivity index (χ4v) is 3.05. The molecule has 1 aromatic carbocycles. The molecule has 0 unspecified atom stereocenters. The molecule has 1 heterocycles. The monoisotopic (exact) mass is 337 g/mol. The second kappa shape index (κ2) is 7.33. The summed E-state index contributed by atoms with van der Waals surface area (Å²) in [6, 6.07) is 8.44. The number of aromatic nitrogens is 1. The van der Waals surface area contributed by atoms with Crippen molar-refractivity contribution < 1.29 is 33.4 Å². The summed E-state index contributed by atoms with van der Waals surface area (Å²) in [6.45, 7) is 5.03. The highest BCUT2D eigenvalue weighted by Crippen LogP contribution is 2.22. The van der Waals surface area contributed by atoms with Crippen molar-refractivity contribution in [2.24, 2.45) is 0 Å². The van der Waals surface area contributed by atoms with E-state index < -0.39 is 10.2 Å². The minimum atomic E-state index is -4.94. The number of benzene rings is 1. The molecule has 0 atom stereocenters. The summed E-state index contributed by atoms with van der Waals surface area (Å²) in [7, 11) is -4.94. The van der Waals surface area contributed by atoms with Crippen molar-refractivity contribution in [1.29, 1.82) is 0 Å². The van der Waals surface area contributed by atoms with Crippen molar-refractivity contribution in [2.75, 3.05) is 0 Å². The van der Waals surface area contributed by atoms with Gasteiger partial charge in [0.15, 0.2) is 0 Å². The first-order valence-corrected chi connectivity index (χ1v) is 8.02. The third-order valence-electron chi connectivity index (χ3n) is 2.28. The zero-order chi connectivity index (χ0) is 15.3. The topological polar surface area (TPSA) is 96.1 Å². The third-order valence-corrected chi connectivity index (χ3v) is 3.50. The van der Waals surface area contributed by atoms with Gasteiger partial charge in [-0.15, -0.1) is 10.2 Å². The maximum absolute atomic E-state index is 8.49. The predicted molar refractivity (Wildman–Crippen MR) is 67.2 cm³/mol. The van der Waals surface area contributed by atoms with E-state index in [0.29, 0.717) is 0 Å². The third kappa shape index (κ3) is 5.72. The molecule has 2 rings (SSSR count). The highest BCUT2D eigenvalue weighted by Gasteiger charge is 2.16. The smallest absolute Gasteiger partial charge is 0.222 e. The van der Waals surface area contributed by atoms with Crippen LogP contribution >= 0.6 is 22.9 Å². The van der Waals surface area contributed by atoms with E-state index in [4.69, 9.17) is 30.2 Å². The summed E-state index contributed by atoms with van der Waals surface area (Å²) in [5, 5.41) is 2.04. The molecule has 0 spiro atoms. The normalized spacial score (nSPS) is 12.2. The number of para-hydroxylation sites is 1. The number of fused-ring (bicyclic) bond motifs is 1. The Morgan fingerprint density at radius 3 is 2.35 bits per heavy atom. The van der Waals surface area contributed by atoms with Crippen LogP contribution in [0.2, 0.25) is 0 Å². The molecule has 5 nitrogen and oxygen atoms in total. The molecule has 0 aliphatic rings. The SMILES string of the molecule is CC[n+]1c(/C=C(\C)Cl)sc2ccccc21.[O-][Cl+3]([O-])([O-])[O-]. The molecule has 110 valence electrons. The van der Waals surface area contributed by atoms with Gasteiger partial charge in [-0.05, 0) is 19.9 Å². The van der Waals surface area contributed by atoms with Crippen LogP contribution in [0.3, 0.4) is 0 Å². The molecule has 8 heteroatoms. The first-order valence-electron chi connectivity index (χ1n) is 5.59. The van der Waals surface area contributed by atoms with Crippen LogP contribution < -0.4 is 23.2 Å². The molecule has 0 N–H and O–H groups in total. The Kier molecular flexibility index (Phi) is 6.35. The molecule has 20 heavy (non-hydrogen) atoms. The van der Waals surface area contributed by atoms with Gasteiger partial charge in [0.2, 0.25) is 5.52 Å². The Morgan fingerprint density at radius 2 is 1.85 bits per heavy atom. The van der Waals surface area contributed by atoms with Gasteiger partial charge in [0.05, 0.1) is 0 Å². The van der Waals surface area contributed by atoms with Gasteiger partial charge < -0.3 is 0 Å². The zero-order valence-electron chi connectivity index (χ0n) is 10.8. The average Bonchev–Trinajstić information content (AvgIpc) is 2.62. The van der Waals surface area contributed by atoms with Gasteiger partial charge in [-0.3, -0.25) is 0 Å². The molecule has 0 saturated heterocycles. The van der Waals surface area contributed by atoms with Crippen LogP contribution in [0.25, 0.3) is 16.3 Å². The maximum Gasteiger partial charge on any atom is 0.263 e. The quantitative estimate of drug-likeness (QED) is 0.660. The van der Waals surface area contributed by atoms with Crippen LogP contribution in [0.4, 0.5) is 0 Å². The van der Waals surface area contributed by atoms with E-state index in [9.17, 15) is 0 Å². The Balaban J connectivity index is 0.000000347. The van der Waals surface area contributed by atoms with E-state index in [1.54, 1.807) is 11.3 Å². The standard InChI is InChI=1S/C12H13ClNS.ClHO4/c1-3-14-10-6-4-5-7-11(10)15-12(14)8-9(2)13;2-1(3,4)5/h4-8H,3H2,1-2H3;(H,2,3,4,5)/q+1;/p-1/b9-8+;. The number of halogens is 2. The highest BCUT2D eigenvalue weighted by atomic mass is 35.7. The van der Waals surface area contributed by atoms with E-state index in [-0.39, 0.29) is 0 Å². The molecule has 0 aliphatic carbocycles. The van der Waals surface area contributed by atoms with Gasteiger partial charge in [0, 0.05) is 17.2 Å². The molecule has 1 aromatic heterocycles. The molecule has 0 amide bonds. The number of rotatable bonds is 2.